The highest BCUT2D eigenvalue weighted by atomic mass is 28.4. The summed E-state index contributed by atoms with van der Waals surface area (Å²) in [7, 11) is -0.707. The number of ether oxygens (including phenoxy) is 4. The maximum absolute atomic E-state index is 15.1. The number of hydrogen-bond donors (Lipinski definition) is 2. The van der Waals surface area contributed by atoms with Gasteiger partial charge in [-0.15, -0.1) is 0 Å². The number of amides is 2. The highest BCUT2D eigenvalue weighted by molar-refractivity contribution is 6.74. The molecule has 1 radical (unpaired) electrons. The predicted molar refractivity (Wildman–Crippen MR) is 380 cm³/mol. The van der Waals surface area contributed by atoms with Crippen LogP contribution in [0.3, 0.4) is 0 Å². The van der Waals surface area contributed by atoms with Gasteiger partial charge in [-0.2, -0.15) is 0 Å². The van der Waals surface area contributed by atoms with Crippen molar-refractivity contribution in [3.8, 4) is 17.2 Å². The van der Waals surface area contributed by atoms with Crippen molar-refractivity contribution in [1.82, 2.24) is 10.6 Å². The van der Waals surface area contributed by atoms with Crippen LogP contribution in [0, 0.1) is 0 Å². The van der Waals surface area contributed by atoms with Gasteiger partial charge in [0.25, 0.3) is 0 Å². The number of unbranched alkanes of at least 4 members (excludes halogenated alkanes) is 2. The van der Waals surface area contributed by atoms with Crippen molar-refractivity contribution in [3.63, 3.8) is 0 Å². The van der Waals surface area contributed by atoms with Crippen LogP contribution in [0.25, 0.3) is 0 Å². The van der Waals surface area contributed by atoms with Gasteiger partial charge in [-0.3, -0.25) is 14.7 Å². The maximum Gasteiger partial charge on any atom is 0.243 e. The van der Waals surface area contributed by atoms with Gasteiger partial charge in [0.15, 0.2) is 25.3 Å². The van der Waals surface area contributed by atoms with Crippen LogP contribution in [0.2, 0.25) is 18.1 Å². The second-order valence-electron chi connectivity index (χ2n) is 26.0. The number of rotatable bonds is 34. The monoisotopic (exact) mass is 1270 g/mol. The average molecular weight is 1270 g/mol. The largest absolute Gasteiger partial charge is 0.497 e. The van der Waals surface area contributed by atoms with Gasteiger partial charge in [0, 0.05) is 46.2 Å². The molecule has 9 rings (SSSR count). The van der Waals surface area contributed by atoms with Crippen molar-refractivity contribution in [2.45, 2.75) is 152 Å². The van der Waals surface area contributed by atoms with E-state index >= 15 is 4.79 Å². The third-order valence-electron chi connectivity index (χ3n) is 18.2. The predicted octanol–water partition coefficient (Wildman–Crippen LogP) is 18.3. The summed E-state index contributed by atoms with van der Waals surface area (Å²) < 4.78 is 33.3. The first-order valence-electron chi connectivity index (χ1n) is 33.3. The Labute approximate surface area is 559 Å². The number of hydrogen-bond acceptors (Lipinski definition) is 7. The lowest BCUT2D eigenvalue weighted by Crippen LogP contribution is -2.52. The van der Waals surface area contributed by atoms with Crippen molar-refractivity contribution in [1.29, 1.82) is 0 Å². The fourth-order valence-corrected chi connectivity index (χ4v) is 13.5. The van der Waals surface area contributed by atoms with Crippen LogP contribution in [-0.2, 0) is 54.5 Å². The summed E-state index contributed by atoms with van der Waals surface area (Å²) >= 11 is 0. The lowest BCUT2D eigenvalue weighted by atomic mass is 9.80. The van der Waals surface area contributed by atoms with Crippen LogP contribution in [-0.4, -0.2) is 51.5 Å². The second-order valence-corrected chi connectivity index (χ2v) is 30.8. The van der Waals surface area contributed by atoms with Gasteiger partial charge in [0.2, 0.25) is 11.8 Å². The molecule has 0 saturated heterocycles. The van der Waals surface area contributed by atoms with Crippen molar-refractivity contribution >= 4 is 20.1 Å². The Kier molecular flexibility index (Phi) is 24.5. The van der Waals surface area contributed by atoms with E-state index in [0.717, 1.165) is 94.3 Å². The highest BCUT2D eigenvalue weighted by Gasteiger charge is 2.42. The Morgan fingerprint density at radius 1 is 0.457 bits per heavy atom. The molecule has 0 aliphatic heterocycles. The molecule has 0 aliphatic rings. The molecular formula is C83H93N2O8Si. The molecule has 0 spiro atoms. The second kappa shape index (κ2) is 33.2. The van der Waals surface area contributed by atoms with Crippen LogP contribution in [0.15, 0.2) is 267 Å². The molecule has 4 atom stereocenters. The van der Waals surface area contributed by atoms with Crippen LogP contribution in [0.5, 0.6) is 17.2 Å². The van der Waals surface area contributed by atoms with Gasteiger partial charge < -0.3 is 34.0 Å². The Balaban J connectivity index is 0.956. The topological polar surface area (TPSA) is 124 Å². The third kappa shape index (κ3) is 18.2. The van der Waals surface area contributed by atoms with E-state index in [1.54, 1.807) is 7.11 Å². The minimum Gasteiger partial charge on any atom is -0.497 e. The first kappa shape index (κ1) is 69.3. The van der Waals surface area contributed by atoms with Crippen LogP contribution < -0.4 is 24.8 Å². The molecule has 94 heavy (non-hydrogen) atoms. The lowest BCUT2D eigenvalue weighted by molar-refractivity contribution is -0.130. The van der Waals surface area contributed by atoms with Crippen molar-refractivity contribution < 1.29 is 38.1 Å². The Bertz CT molecular complexity index is 3540. The highest BCUT2D eigenvalue weighted by Crippen LogP contribution is 2.44. The van der Waals surface area contributed by atoms with E-state index < -0.39 is 49.4 Å². The van der Waals surface area contributed by atoms with Gasteiger partial charge in [0.05, 0.1) is 38.4 Å². The van der Waals surface area contributed by atoms with E-state index in [1.165, 1.54) is 0 Å². The summed E-state index contributed by atoms with van der Waals surface area (Å²) in [6, 6.07) is 82.3. The minimum atomic E-state index is -2.38. The summed E-state index contributed by atoms with van der Waals surface area (Å²) in [4.78, 5) is 29.9. The molecule has 9 aromatic rings. The molecule has 0 heterocycles. The molecule has 10 nitrogen and oxygen atoms in total. The van der Waals surface area contributed by atoms with Crippen LogP contribution >= 0.6 is 0 Å². The Morgan fingerprint density at radius 2 is 0.819 bits per heavy atom. The van der Waals surface area contributed by atoms with Gasteiger partial charge in [-0.05, 0) is 90.5 Å². The van der Waals surface area contributed by atoms with Crippen molar-refractivity contribution in [3.05, 3.63) is 317 Å². The van der Waals surface area contributed by atoms with E-state index in [4.69, 9.17) is 23.4 Å². The van der Waals surface area contributed by atoms with Crippen LogP contribution in [0.4, 0.5) is 0 Å². The van der Waals surface area contributed by atoms with E-state index in [1.807, 2.05) is 182 Å². The number of carbonyl (C=O) groups excluding carboxylic acids is 2. The molecule has 487 valence electrons. The van der Waals surface area contributed by atoms with Gasteiger partial charge in [-0.25, -0.2) is 0 Å². The molecule has 2 N–H and O–H groups in total. The van der Waals surface area contributed by atoms with Crippen molar-refractivity contribution in [2.24, 2.45) is 0 Å². The molecule has 0 aromatic heterocycles. The first-order chi connectivity index (χ1) is 45.5. The molecule has 9 aromatic carbocycles. The minimum absolute atomic E-state index is 0.0548. The normalized spacial score (nSPS) is 13.2. The molecule has 2 amide bonds. The quantitative estimate of drug-likeness (QED) is 0.0178. The number of methoxy groups -OCH3 is 1. The van der Waals surface area contributed by atoms with Crippen LogP contribution in [0.1, 0.15) is 129 Å². The lowest BCUT2D eigenvalue weighted by Gasteiger charge is -2.39. The number of benzene rings is 9. The third-order valence-corrected chi connectivity index (χ3v) is 22.7. The zero-order valence-corrected chi connectivity index (χ0v) is 56.8. The van der Waals surface area contributed by atoms with E-state index in [2.05, 4.69) is 131 Å². The van der Waals surface area contributed by atoms with E-state index in [0.29, 0.717) is 24.5 Å². The van der Waals surface area contributed by atoms with Gasteiger partial charge in [0.1, 0.15) is 23.3 Å². The molecule has 0 aliphatic carbocycles. The summed E-state index contributed by atoms with van der Waals surface area (Å²) in [5, 5.41) is 19.8. The molecule has 0 fully saturated rings. The fraction of sp³-hybridized carbons (Fsp3) is 0.301. The molecular weight excluding hydrogens is 1180 g/mol. The maximum atomic E-state index is 15.1. The van der Waals surface area contributed by atoms with Crippen molar-refractivity contribution in [2.75, 3.05) is 7.11 Å². The summed E-state index contributed by atoms with van der Waals surface area (Å²) in [5.74, 6) is 0.730. The number of nitrogens with one attached hydrogen (secondary N) is 2. The summed E-state index contributed by atoms with van der Waals surface area (Å²) in [6.45, 7) is 17.6. The van der Waals surface area contributed by atoms with E-state index in [9.17, 15) is 9.90 Å². The first-order valence-corrected chi connectivity index (χ1v) is 36.2. The molecule has 0 saturated carbocycles. The average Bonchev–Trinajstić information content (AvgIpc) is 0.761. The zero-order chi connectivity index (χ0) is 66.4. The standard InChI is InChI=1S/C83H93N2O8Si/c1-9-31-73(90-61-65-50-52-72(89-6)53-51-65)44-29-16-30-45-76(93-94(7,8)81(3,4)5)60-79(87)84-78(59-64-48-56-75(57-49-64)92-83(69-38-23-13-24-39-69,70-40-25-14-26-41-70)71-42-27-15-28-43-71)80(88)85-77(62(2)86)58-63-46-54-74(55-47-63)91-82(66-32-17-10-18-33-66,67-34-19-11-20-35-67)68-36-21-12-22-37-68/h10-15,17-28,32-43,46-57,73,76-78H,2,9,16,29-31,44-45,58-61H2,1,3-8H3,(H,84,87)(H,85,88)/t73-,76-,77+,78+/m1/s1. The molecule has 11 heteroatoms. The molecule has 0 bridgehead atoms. The SMILES string of the molecule is C=C([O])[C@H](Cc1ccc(OC(c2ccccc2)(c2ccccc2)c2ccccc2)cc1)NC(=O)[C@H](Cc1ccc(OC(c2ccccc2)(c2ccccc2)c2ccccc2)cc1)NC(=O)C[C@@H](CCCCC[C@@H](CCC)OCc1ccc(OC)cc1)O[Si](C)(C)C(C)(C)C. The summed E-state index contributed by atoms with van der Waals surface area (Å²) in [5.41, 5.74) is 6.37. The van der Waals surface area contributed by atoms with Gasteiger partial charge in [-0.1, -0.05) is 278 Å². The summed E-state index contributed by atoms with van der Waals surface area (Å²) in [6.07, 6.45) is 6.46. The zero-order valence-electron chi connectivity index (χ0n) is 55.8. The number of carbonyl (C=O) groups is 2. The fourth-order valence-electron chi connectivity index (χ4n) is 12.1. The molecule has 0 unspecified atom stereocenters. The Morgan fingerprint density at radius 3 is 1.18 bits per heavy atom. The van der Waals surface area contributed by atoms with Gasteiger partial charge >= 0.3 is 0 Å². The van der Waals surface area contributed by atoms with E-state index in [-0.39, 0.29) is 36.3 Å². The smallest absolute Gasteiger partial charge is 0.243 e. The Hall–Kier alpha value is -9.00.